The highest BCUT2D eigenvalue weighted by Gasteiger charge is 2.29. The molecule has 1 atom stereocenters. The van der Waals surface area contributed by atoms with Crippen LogP contribution in [-0.4, -0.2) is 40.1 Å². The average molecular weight is 241 g/mol. The highest BCUT2D eigenvalue weighted by Crippen LogP contribution is 2.19. The number of pyridine rings is 1. The van der Waals surface area contributed by atoms with Gasteiger partial charge in [-0.1, -0.05) is 17.7 Å². The Bertz CT molecular complexity index is 397. The van der Waals surface area contributed by atoms with Crippen LogP contribution in [0.4, 0.5) is 0 Å². The van der Waals surface area contributed by atoms with Crippen LogP contribution in [0.1, 0.15) is 23.3 Å². The summed E-state index contributed by atoms with van der Waals surface area (Å²) < 4.78 is 0. The molecule has 86 valence electrons. The molecule has 1 aromatic heterocycles. The Hall–Kier alpha value is -1.13. The van der Waals surface area contributed by atoms with Crippen LogP contribution in [0.2, 0.25) is 5.15 Å². The van der Waals surface area contributed by atoms with E-state index in [4.69, 9.17) is 16.7 Å². The van der Waals surface area contributed by atoms with Gasteiger partial charge in [-0.2, -0.15) is 0 Å². The standard InChI is InChI=1S/C11H13ClN2O2/c12-10-5-1-4-9(13-10)11(16)14-6-2-3-8(14)7-15/h1,4-5,8,15H,2-3,6-7H2/t8-/m1/s1. The van der Waals surface area contributed by atoms with Gasteiger partial charge in [-0.05, 0) is 25.0 Å². The molecule has 0 unspecified atom stereocenters. The van der Waals surface area contributed by atoms with E-state index in [1.54, 1.807) is 23.1 Å². The molecule has 0 aromatic carbocycles. The van der Waals surface area contributed by atoms with Gasteiger partial charge in [0.05, 0.1) is 12.6 Å². The van der Waals surface area contributed by atoms with Crippen molar-refractivity contribution in [3.05, 3.63) is 29.0 Å². The van der Waals surface area contributed by atoms with Crippen LogP contribution in [0, 0.1) is 0 Å². The number of aliphatic hydroxyl groups is 1. The molecule has 1 amide bonds. The van der Waals surface area contributed by atoms with Gasteiger partial charge in [-0.3, -0.25) is 4.79 Å². The molecule has 0 radical (unpaired) electrons. The molecular weight excluding hydrogens is 228 g/mol. The van der Waals surface area contributed by atoms with Crippen molar-refractivity contribution in [1.82, 2.24) is 9.88 Å². The van der Waals surface area contributed by atoms with E-state index in [9.17, 15) is 4.79 Å². The van der Waals surface area contributed by atoms with E-state index >= 15 is 0 Å². The summed E-state index contributed by atoms with van der Waals surface area (Å²) in [5.74, 6) is -0.154. The summed E-state index contributed by atoms with van der Waals surface area (Å²) in [5.41, 5.74) is 0.341. The third kappa shape index (κ3) is 2.18. The van der Waals surface area contributed by atoms with E-state index in [0.29, 0.717) is 17.4 Å². The molecule has 16 heavy (non-hydrogen) atoms. The number of carbonyl (C=O) groups excluding carboxylic acids is 1. The minimum absolute atomic E-state index is 0.00626. The van der Waals surface area contributed by atoms with E-state index < -0.39 is 0 Å². The fourth-order valence-corrected chi connectivity index (χ4v) is 2.13. The van der Waals surface area contributed by atoms with Crippen molar-refractivity contribution in [2.75, 3.05) is 13.2 Å². The first kappa shape index (κ1) is 11.4. The third-order valence-electron chi connectivity index (χ3n) is 2.78. The summed E-state index contributed by atoms with van der Waals surface area (Å²) in [7, 11) is 0. The zero-order valence-corrected chi connectivity index (χ0v) is 9.52. The fraction of sp³-hybridized carbons (Fsp3) is 0.455. The lowest BCUT2D eigenvalue weighted by Gasteiger charge is -2.22. The summed E-state index contributed by atoms with van der Waals surface area (Å²) in [6.45, 7) is 0.685. The van der Waals surface area contributed by atoms with Crippen LogP contribution >= 0.6 is 11.6 Å². The fourth-order valence-electron chi connectivity index (χ4n) is 1.97. The Labute approximate surface area is 98.9 Å². The van der Waals surface area contributed by atoms with Crippen molar-refractivity contribution in [2.24, 2.45) is 0 Å². The highest BCUT2D eigenvalue weighted by molar-refractivity contribution is 6.29. The lowest BCUT2D eigenvalue weighted by atomic mass is 10.2. The van der Waals surface area contributed by atoms with Gasteiger partial charge in [0.25, 0.3) is 5.91 Å². The Morgan fingerprint density at radius 3 is 3.12 bits per heavy atom. The van der Waals surface area contributed by atoms with Gasteiger partial charge >= 0.3 is 0 Å². The number of carbonyl (C=O) groups is 1. The second kappa shape index (κ2) is 4.80. The maximum atomic E-state index is 12.1. The monoisotopic (exact) mass is 240 g/mol. The van der Waals surface area contributed by atoms with Crippen LogP contribution in [0.5, 0.6) is 0 Å². The molecule has 0 spiro atoms. The molecule has 1 saturated heterocycles. The summed E-state index contributed by atoms with van der Waals surface area (Å²) in [5, 5.41) is 9.46. The molecule has 2 rings (SSSR count). The van der Waals surface area contributed by atoms with Crippen molar-refractivity contribution in [3.63, 3.8) is 0 Å². The molecule has 1 aliphatic heterocycles. The van der Waals surface area contributed by atoms with Gasteiger partial charge in [0.15, 0.2) is 0 Å². The minimum atomic E-state index is -0.154. The first-order valence-corrected chi connectivity index (χ1v) is 5.64. The number of amides is 1. The second-order valence-electron chi connectivity index (χ2n) is 3.82. The van der Waals surface area contributed by atoms with Crippen molar-refractivity contribution in [2.45, 2.75) is 18.9 Å². The van der Waals surface area contributed by atoms with Crippen LogP contribution in [-0.2, 0) is 0 Å². The molecule has 4 nitrogen and oxygen atoms in total. The predicted molar refractivity (Wildman–Crippen MR) is 60.4 cm³/mol. The maximum absolute atomic E-state index is 12.1. The van der Waals surface area contributed by atoms with Crippen LogP contribution in [0.3, 0.4) is 0 Å². The van der Waals surface area contributed by atoms with Crippen LogP contribution in [0.25, 0.3) is 0 Å². The number of hydrogen-bond acceptors (Lipinski definition) is 3. The lowest BCUT2D eigenvalue weighted by molar-refractivity contribution is 0.0672. The SMILES string of the molecule is O=C(c1cccc(Cl)n1)N1CCC[C@@H]1CO. The van der Waals surface area contributed by atoms with Gasteiger partial charge in [-0.15, -0.1) is 0 Å². The molecule has 1 aromatic rings. The number of halogens is 1. The molecular formula is C11H13ClN2O2. The van der Waals surface area contributed by atoms with Gasteiger partial charge in [0.2, 0.25) is 0 Å². The number of hydrogen-bond donors (Lipinski definition) is 1. The molecule has 1 N–H and O–H groups in total. The molecule has 5 heteroatoms. The van der Waals surface area contributed by atoms with Crippen molar-refractivity contribution >= 4 is 17.5 Å². The van der Waals surface area contributed by atoms with Crippen LogP contribution < -0.4 is 0 Å². The molecule has 0 bridgehead atoms. The first-order chi connectivity index (χ1) is 7.72. The number of rotatable bonds is 2. The van der Waals surface area contributed by atoms with Gasteiger partial charge in [-0.25, -0.2) is 4.98 Å². The number of nitrogens with zero attached hydrogens (tertiary/aromatic N) is 2. The smallest absolute Gasteiger partial charge is 0.272 e. The molecule has 0 aliphatic carbocycles. The Kier molecular flexibility index (Phi) is 3.41. The number of likely N-dealkylation sites (tertiary alicyclic amines) is 1. The summed E-state index contributed by atoms with van der Waals surface area (Å²) >= 11 is 5.73. The molecule has 2 heterocycles. The van der Waals surface area contributed by atoms with E-state index in [1.807, 2.05) is 0 Å². The first-order valence-electron chi connectivity index (χ1n) is 5.27. The maximum Gasteiger partial charge on any atom is 0.272 e. The second-order valence-corrected chi connectivity index (χ2v) is 4.21. The molecule has 1 fully saturated rings. The van der Waals surface area contributed by atoms with Crippen molar-refractivity contribution in [1.29, 1.82) is 0 Å². The van der Waals surface area contributed by atoms with E-state index in [0.717, 1.165) is 12.8 Å². The predicted octanol–water partition coefficient (Wildman–Crippen LogP) is 1.33. The quantitative estimate of drug-likeness (QED) is 0.794. The Balaban J connectivity index is 2.18. The summed E-state index contributed by atoms with van der Waals surface area (Å²) in [6.07, 6.45) is 1.78. The highest BCUT2D eigenvalue weighted by atomic mass is 35.5. The zero-order chi connectivity index (χ0) is 11.5. The van der Waals surface area contributed by atoms with Crippen molar-refractivity contribution < 1.29 is 9.90 Å². The Morgan fingerprint density at radius 2 is 2.44 bits per heavy atom. The Morgan fingerprint density at radius 1 is 1.62 bits per heavy atom. The van der Waals surface area contributed by atoms with Gasteiger partial charge in [0.1, 0.15) is 10.8 Å². The zero-order valence-electron chi connectivity index (χ0n) is 8.77. The van der Waals surface area contributed by atoms with Crippen LogP contribution in [0.15, 0.2) is 18.2 Å². The largest absolute Gasteiger partial charge is 0.394 e. The topological polar surface area (TPSA) is 53.4 Å². The average Bonchev–Trinajstić information content (AvgIpc) is 2.76. The van der Waals surface area contributed by atoms with E-state index in [-0.39, 0.29) is 18.6 Å². The molecule has 1 aliphatic rings. The van der Waals surface area contributed by atoms with E-state index in [1.165, 1.54) is 0 Å². The number of aromatic nitrogens is 1. The summed E-state index contributed by atoms with van der Waals surface area (Å²) in [6, 6.07) is 4.90. The van der Waals surface area contributed by atoms with E-state index in [2.05, 4.69) is 4.98 Å². The van der Waals surface area contributed by atoms with Gasteiger partial charge in [0, 0.05) is 6.54 Å². The van der Waals surface area contributed by atoms with Gasteiger partial charge < -0.3 is 10.0 Å². The lowest BCUT2D eigenvalue weighted by Crippen LogP contribution is -2.38. The summed E-state index contributed by atoms with van der Waals surface area (Å²) in [4.78, 5) is 17.7. The van der Waals surface area contributed by atoms with Crippen molar-refractivity contribution in [3.8, 4) is 0 Å². The molecule has 0 saturated carbocycles. The normalized spacial score (nSPS) is 20.1. The number of aliphatic hydroxyl groups excluding tert-OH is 1. The minimum Gasteiger partial charge on any atom is -0.394 e. The third-order valence-corrected chi connectivity index (χ3v) is 2.99.